The lowest BCUT2D eigenvalue weighted by Gasteiger charge is -2.20. The van der Waals surface area contributed by atoms with Crippen LogP contribution in [-0.2, 0) is 9.59 Å². The first-order chi connectivity index (χ1) is 7.77. The normalized spacial score (nSPS) is 25.6. The number of hydrogen-bond acceptors (Lipinski definition) is 4. The molecule has 0 aromatic heterocycles. The summed E-state index contributed by atoms with van der Waals surface area (Å²) in [6.07, 6.45) is 7.81. The van der Waals surface area contributed by atoms with Crippen LogP contribution in [0.1, 0.15) is 32.6 Å². The van der Waals surface area contributed by atoms with Gasteiger partial charge in [-0.2, -0.15) is 0 Å². The first-order valence-electron chi connectivity index (χ1n) is 5.85. The van der Waals surface area contributed by atoms with E-state index in [4.69, 9.17) is 0 Å². The maximum absolute atomic E-state index is 10.1. The van der Waals surface area contributed by atoms with Crippen molar-refractivity contribution in [2.75, 3.05) is 13.1 Å². The highest BCUT2D eigenvalue weighted by molar-refractivity contribution is 5.33. The monoisotopic (exact) mass is 222 g/mol. The van der Waals surface area contributed by atoms with Gasteiger partial charge in [0.15, 0.2) is 0 Å². The summed E-state index contributed by atoms with van der Waals surface area (Å²) in [4.78, 5) is 27.4. The molecule has 0 spiro atoms. The third-order valence-corrected chi connectivity index (χ3v) is 3.38. The van der Waals surface area contributed by atoms with Gasteiger partial charge in [-0.15, -0.1) is 0 Å². The Morgan fingerprint density at radius 3 is 2.56 bits per heavy atom. The van der Waals surface area contributed by atoms with Crippen molar-refractivity contribution in [3.8, 4) is 0 Å². The maximum Gasteiger partial charge on any atom is 0.234 e. The lowest BCUT2D eigenvalue weighted by atomic mass is 9.87. The van der Waals surface area contributed by atoms with E-state index in [0.717, 1.165) is 12.8 Å². The third-order valence-electron chi connectivity index (χ3n) is 3.38. The van der Waals surface area contributed by atoms with E-state index in [2.05, 4.69) is 16.9 Å². The van der Waals surface area contributed by atoms with Crippen molar-refractivity contribution < 1.29 is 9.59 Å². The Balaban J connectivity index is 2.39. The molecule has 1 fully saturated rings. The van der Waals surface area contributed by atoms with Crippen LogP contribution in [0.15, 0.2) is 9.98 Å². The second kappa shape index (κ2) is 7.10. The number of isocyanates is 2. The van der Waals surface area contributed by atoms with Crippen LogP contribution in [0.4, 0.5) is 0 Å². The van der Waals surface area contributed by atoms with Crippen molar-refractivity contribution in [1.29, 1.82) is 0 Å². The molecule has 88 valence electrons. The van der Waals surface area contributed by atoms with E-state index in [0.29, 0.717) is 30.8 Å². The summed E-state index contributed by atoms with van der Waals surface area (Å²) >= 11 is 0. The molecule has 1 rings (SSSR count). The van der Waals surface area contributed by atoms with Crippen LogP contribution in [0.3, 0.4) is 0 Å². The molecule has 1 saturated carbocycles. The Kier molecular flexibility index (Phi) is 5.69. The van der Waals surface area contributed by atoms with Crippen molar-refractivity contribution in [1.82, 2.24) is 0 Å². The minimum Gasteiger partial charge on any atom is -0.211 e. The molecule has 0 radical (unpaired) electrons. The van der Waals surface area contributed by atoms with Crippen molar-refractivity contribution in [2.45, 2.75) is 32.6 Å². The number of carbonyl (C=O) groups excluding carboxylic acids is 2. The van der Waals surface area contributed by atoms with Crippen LogP contribution in [0, 0.1) is 17.8 Å². The summed E-state index contributed by atoms with van der Waals surface area (Å²) in [5, 5.41) is 0. The number of aliphatic imine (C=N–C) groups is 2. The predicted octanol–water partition coefficient (Wildman–Crippen LogP) is 2.10. The molecule has 3 atom stereocenters. The molecule has 0 bridgehead atoms. The Labute approximate surface area is 95.9 Å². The van der Waals surface area contributed by atoms with Gasteiger partial charge in [0, 0.05) is 0 Å². The maximum atomic E-state index is 10.1. The van der Waals surface area contributed by atoms with Gasteiger partial charge in [-0.1, -0.05) is 19.8 Å². The zero-order valence-electron chi connectivity index (χ0n) is 9.69. The Hall–Kier alpha value is -1.24. The molecule has 0 N–H and O–H groups in total. The number of nitrogens with zero attached hydrogens (tertiary/aromatic N) is 2. The van der Waals surface area contributed by atoms with Gasteiger partial charge in [0.05, 0.1) is 13.1 Å². The highest BCUT2D eigenvalue weighted by Gasteiger charge is 2.28. The van der Waals surface area contributed by atoms with E-state index in [9.17, 15) is 9.59 Å². The van der Waals surface area contributed by atoms with Gasteiger partial charge in [0.2, 0.25) is 12.2 Å². The van der Waals surface area contributed by atoms with Crippen LogP contribution < -0.4 is 0 Å². The van der Waals surface area contributed by atoms with Gasteiger partial charge >= 0.3 is 0 Å². The minimum absolute atomic E-state index is 0.410. The van der Waals surface area contributed by atoms with Gasteiger partial charge < -0.3 is 0 Å². The highest BCUT2D eigenvalue weighted by atomic mass is 16.1. The van der Waals surface area contributed by atoms with Gasteiger partial charge in [-0.05, 0) is 30.6 Å². The largest absolute Gasteiger partial charge is 0.234 e. The molecule has 4 nitrogen and oxygen atoms in total. The lowest BCUT2D eigenvalue weighted by Crippen LogP contribution is -2.15. The average molecular weight is 222 g/mol. The summed E-state index contributed by atoms with van der Waals surface area (Å²) in [6, 6.07) is 0. The summed E-state index contributed by atoms with van der Waals surface area (Å²) in [6.45, 7) is 3.26. The van der Waals surface area contributed by atoms with Crippen LogP contribution in [0.25, 0.3) is 0 Å². The van der Waals surface area contributed by atoms with Crippen molar-refractivity contribution in [3.63, 3.8) is 0 Å². The SMILES string of the molecule is CC(CN=C=O)C[C@H]1CCCC1CN=C=O. The van der Waals surface area contributed by atoms with E-state index in [1.165, 1.54) is 12.8 Å². The Bertz CT molecular complexity index is 304. The second-order valence-corrected chi connectivity index (χ2v) is 4.66. The van der Waals surface area contributed by atoms with Crippen molar-refractivity contribution in [3.05, 3.63) is 0 Å². The average Bonchev–Trinajstić information content (AvgIpc) is 2.71. The molecule has 0 aromatic carbocycles. The summed E-state index contributed by atoms with van der Waals surface area (Å²) < 4.78 is 0. The lowest BCUT2D eigenvalue weighted by molar-refractivity contribution is 0.322. The molecule has 0 amide bonds. The molecule has 4 heteroatoms. The fraction of sp³-hybridized carbons (Fsp3) is 0.833. The van der Waals surface area contributed by atoms with Crippen LogP contribution in [0.2, 0.25) is 0 Å². The Morgan fingerprint density at radius 1 is 1.19 bits per heavy atom. The van der Waals surface area contributed by atoms with E-state index < -0.39 is 0 Å². The van der Waals surface area contributed by atoms with Crippen LogP contribution in [0.5, 0.6) is 0 Å². The van der Waals surface area contributed by atoms with Gasteiger partial charge in [-0.25, -0.2) is 19.6 Å². The van der Waals surface area contributed by atoms with Crippen LogP contribution >= 0.6 is 0 Å². The quantitative estimate of drug-likeness (QED) is 0.510. The van der Waals surface area contributed by atoms with Crippen molar-refractivity contribution >= 4 is 12.2 Å². The van der Waals surface area contributed by atoms with E-state index in [-0.39, 0.29) is 0 Å². The smallest absolute Gasteiger partial charge is 0.211 e. The molecule has 0 saturated heterocycles. The van der Waals surface area contributed by atoms with Gasteiger partial charge in [0.1, 0.15) is 0 Å². The molecule has 0 aromatic rings. The van der Waals surface area contributed by atoms with Crippen molar-refractivity contribution in [2.24, 2.45) is 27.7 Å². The second-order valence-electron chi connectivity index (χ2n) is 4.66. The number of hydrogen-bond donors (Lipinski definition) is 0. The Morgan fingerprint density at radius 2 is 1.88 bits per heavy atom. The van der Waals surface area contributed by atoms with Gasteiger partial charge in [0.25, 0.3) is 0 Å². The predicted molar refractivity (Wildman–Crippen MR) is 60.6 cm³/mol. The molecule has 16 heavy (non-hydrogen) atoms. The molecule has 0 heterocycles. The highest BCUT2D eigenvalue weighted by Crippen LogP contribution is 2.36. The zero-order chi connectivity index (χ0) is 11.8. The fourth-order valence-corrected chi connectivity index (χ4v) is 2.60. The molecular formula is C12H18N2O2. The van der Waals surface area contributed by atoms with E-state index >= 15 is 0 Å². The zero-order valence-corrected chi connectivity index (χ0v) is 9.69. The minimum atomic E-state index is 0.410. The third kappa shape index (κ3) is 4.09. The molecule has 2 unspecified atom stereocenters. The number of rotatable bonds is 6. The molecule has 1 aliphatic carbocycles. The molecular weight excluding hydrogens is 204 g/mol. The summed E-state index contributed by atoms with van der Waals surface area (Å²) in [7, 11) is 0. The molecule has 0 aliphatic heterocycles. The van der Waals surface area contributed by atoms with E-state index in [1.54, 1.807) is 12.2 Å². The van der Waals surface area contributed by atoms with Crippen LogP contribution in [-0.4, -0.2) is 25.2 Å². The van der Waals surface area contributed by atoms with E-state index in [1.807, 2.05) is 0 Å². The first kappa shape index (κ1) is 12.8. The van der Waals surface area contributed by atoms with Gasteiger partial charge in [-0.3, -0.25) is 0 Å². The summed E-state index contributed by atoms with van der Waals surface area (Å²) in [5.74, 6) is 1.55. The fourth-order valence-electron chi connectivity index (χ4n) is 2.60. The topological polar surface area (TPSA) is 58.9 Å². The first-order valence-corrected chi connectivity index (χ1v) is 5.85. The summed E-state index contributed by atoms with van der Waals surface area (Å²) in [5.41, 5.74) is 0. The molecule has 1 aliphatic rings. The standard InChI is InChI=1S/C12H18N2O2/c1-10(6-13-8-15)5-11-3-2-4-12(11)7-14-9-16/h10-12H,2-7H2,1H3/t10?,11-,12?/m1/s1.